The third-order valence-electron chi connectivity index (χ3n) is 3.70. The number of hydrogen-bond donors (Lipinski definition) is 1. The quantitative estimate of drug-likeness (QED) is 0.764. The van der Waals surface area contributed by atoms with Gasteiger partial charge in [0.15, 0.2) is 0 Å². The Bertz CT molecular complexity index is 741. The van der Waals surface area contributed by atoms with Crippen LogP contribution in [0, 0.1) is 0 Å². The van der Waals surface area contributed by atoms with Crippen LogP contribution in [0.5, 0.6) is 5.75 Å². The summed E-state index contributed by atoms with van der Waals surface area (Å²) in [6.07, 6.45) is 0. The van der Waals surface area contributed by atoms with Crippen LogP contribution in [0.15, 0.2) is 36.4 Å². The molecule has 0 fully saturated rings. The second-order valence-corrected chi connectivity index (χ2v) is 7.20. The molecule has 0 saturated carbocycles. The summed E-state index contributed by atoms with van der Waals surface area (Å²) in [5.41, 5.74) is 1.04. The minimum Gasteiger partial charge on any atom is -0.492 e. The molecule has 0 aliphatic carbocycles. The van der Waals surface area contributed by atoms with E-state index in [0.717, 1.165) is 10.4 Å². The Kier molecular flexibility index (Phi) is 7.21. The van der Waals surface area contributed by atoms with Crippen LogP contribution >= 0.6 is 11.3 Å². The predicted molar refractivity (Wildman–Crippen MR) is 106 cm³/mol. The highest BCUT2D eigenvalue weighted by Crippen LogP contribution is 2.37. The number of nitrogens with zero attached hydrogens (tertiary/aromatic N) is 1. The Morgan fingerprint density at radius 3 is 2.46 bits per heavy atom. The van der Waals surface area contributed by atoms with Gasteiger partial charge in [-0.1, -0.05) is 30.3 Å². The number of nitrogens with one attached hydrogen (secondary N) is 1. The first-order valence-corrected chi connectivity index (χ1v) is 9.68. The zero-order valence-corrected chi connectivity index (χ0v) is 16.6. The largest absolute Gasteiger partial charge is 0.492 e. The lowest BCUT2D eigenvalue weighted by Gasteiger charge is -2.21. The summed E-state index contributed by atoms with van der Waals surface area (Å²) in [6, 6.07) is 11.8. The van der Waals surface area contributed by atoms with Crippen molar-refractivity contribution in [2.24, 2.45) is 0 Å². The molecule has 1 aromatic carbocycles. The lowest BCUT2D eigenvalue weighted by molar-refractivity contribution is -0.122. The molecule has 0 aliphatic rings. The summed E-state index contributed by atoms with van der Waals surface area (Å²) in [5.74, 6) is 0.235. The summed E-state index contributed by atoms with van der Waals surface area (Å²) in [6.45, 7) is 8.52. The molecule has 2 amide bonds. The fourth-order valence-corrected chi connectivity index (χ4v) is 3.62. The normalized spacial score (nSPS) is 10.7. The highest BCUT2D eigenvalue weighted by Gasteiger charge is 2.24. The summed E-state index contributed by atoms with van der Waals surface area (Å²) < 4.78 is 5.69. The SMILES string of the molecule is CCOc1cc(-c2ccccc2)sc1C(=O)N(CC)CC(=O)NC(C)C. The minimum atomic E-state index is -0.179. The molecule has 1 heterocycles. The van der Waals surface area contributed by atoms with Crippen molar-refractivity contribution < 1.29 is 14.3 Å². The number of likely N-dealkylation sites (N-methyl/N-ethyl adjacent to an activating group) is 1. The number of rotatable bonds is 8. The zero-order chi connectivity index (χ0) is 19.1. The maximum atomic E-state index is 13.0. The van der Waals surface area contributed by atoms with Gasteiger partial charge in [0.2, 0.25) is 5.91 Å². The van der Waals surface area contributed by atoms with E-state index >= 15 is 0 Å². The van der Waals surface area contributed by atoms with Gasteiger partial charge in [0, 0.05) is 17.5 Å². The average molecular weight is 375 g/mol. The van der Waals surface area contributed by atoms with E-state index in [0.29, 0.717) is 23.8 Å². The number of thiophene rings is 1. The second-order valence-electron chi connectivity index (χ2n) is 6.14. The Balaban J connectivity index is 2.28. The first kappa shape index (κ1) is 20.0. The molecule has 6 heteroatoms. The molecule has 2 aromatic rings. The molecule has 0 saturated heterocycles. The molecule has 1 aromatic heterocycles. The number of carbonyl (C=O) groups is 2. The molecule has 2 rings (SSSR count). The topological polar surface area (TPSA) is 58.6 Å². The van der Waals surface area contributed by atoms with Gasteiger partial charge < -0.3 is 15.0 Å². The van der Waals surface area contributed by atoms with Crippen LogP contribution in [-0.4, -0.2) is 42.5 Å². The molecule has 0 bridgehead atoms. The van der Waals surface area contributed by atoms with Gasteiger partial charge in [0.05, 0.1) is 13.2 Å². The molecule has 5 nitrogen and oxygen atoms in total. The Morgan fingerprint density at radius 1 is 1.19 bits per heavy atom. The van der Waals surface area contributed by atoms with E-state index < -0.39 is 0 Å². The standard InChI is InChI=1S/C20H26N2O3S/c1-5-22(13-18(23)21-14(3)4)20(24)19-16(25-6-2)12-17(26-19)15-10-8-7-9-11-15/h7-12,14H,5-6,13H2,1-4H3,(H,21,23). The molecular weight excluding hydrogens is 348 g/mol. The number of hydrogen-bond acceptors (Lipinski definition) is 4. The van der Waals surface area contributed by atoms with Gasteiger partial charge >= 0.3 is 0 Å². The van der Waals surface area contributed by atoms with Gasteiger partial charge in [-0.15, -0.1) is 11.3 Å². The van der Waals surface area contributed by atoms with Gasteiger partial charge in [0.1, 0.15) is 10.6 Å². The highest BCUT2D eigenvalue weighted by atomic mass is 32.1. The van der Waals surface area contributed by atoms with E-state index in [4.69, 9.17) is 4.74 Å². The van der Waals surface area contributed by atoms with Crippen molar-refractivity contribution in [2.45, 2.75) is 33.7 Å². The number of ether oxygens (including phenoxy) is 1. The van der Waals surface area contributed by atoms with E-state index in [1.54, 1.807) is 4.90 Å². The average Bonchev–Trinajstić information content (AvgIpc) is 3.03. The van der Waals surface area contributed by atoms with E-state index in [1.165, 1.54) is 11.3 Å². The van der Waals surface area contributed by atoms with Crippen LogP contribution in [-0.2, 0) is 4.79 Å². The van der Waals surface area contributed by atoms with Gasteiger partial charge in [-0.3, -0.25) is 9.59 Å². The van der Waals surface area contributed by atoms with Crippen molar-refractivity contribution in [2.75, 3.05) is 19.7 Å². The van der Waals surface area contributed by atoms with Crippen molar-refractivity contribution in [3.63, 3.8) is 0 Å². The third-order valence-corrected chi connectivity index (χ3v) is 4.86. The summed E-state index contributed by atoms with van der Waals surface area (Å²) in [7, 11) is 0. The predicted octanol–water partition coefficient (Wildman–Crippen LogP) is 3.80. The van der Waals surface area contributed by atoms with Crippen LogP contribution in [0.25, 0.3) is 10.4 Å². The highest BCUT2D eigenvalue weighted by molar-refractivity contribution is 7.17. The molecular formula is C20H26N2O3S. The second kappa shape index (κ2) is 9.38. The molecule has 140 valence electrons. The first-order valence-electron chi connectivity index (χ1n) is 8.86. The molecule has 0 spiro atoms. The Labute approximate surface area is 159 Å². The van der Waals surface area contributed by atoms with Crippen LogP contribution in [0.1, 0.15) is 37.4 Å². The maximum absolute atomic E-state index is 13.0. The van der Waals surface area contributed by atoms with Crippen LogP contribution < -0.4 is 10.1 Å². The first-order chi connectivity index (χ1) is 12.5. The lowest BCUT2D eigenvalue weighted by atomic mass is 10.2. The molecule has 0 radical (unpaired) electrons. The van der Waals surface area contributed by atoms with Gasteiger partial charge in [-0.25, -0.2) is 0 Å². The molecule has 0 aliphatic heterocycles. The van der Waals surface area contributed by atoms with Crippen molar-refractivity contribution in [1.29, 1.82) is 0 Å². The van der Waals surface area contributed by atoms with Gasteiger partial charge in [-0.05, 0) is 39.3 Å². The van der Waals surface area contributed by atoms with Crippen molar-refractivity contribution in [3.8, 4) is 16.2 Å². The third kappa shape index (κ3) is 5.08. The van der Waals surface area contributed by atoms with Gasteiger partial charge in [0.25, 0.3) is 5.91 Å². The molecule has 26 heavy (non-hydrogen) atoms. The molecule has 1 N–H and O–H groups in total. The lowest BCUT2D eigenvalue weighted by Crippen LogP contribution is -2.42. The number of carbonyl (C=O) groups excluding carboxylic acids is 2. The summed E-state index contributed by atoms with van der Waals surface area (Å²) in [4.78, 5) is 28.1. The smallest absolute Gasteiger partial charge is 0.268 e. The van der Waals surface area contributed by atoms with Gasteiger partial charge in [-0.2, -0.15) is 0 Å². The monoisotopic (exact) mass is 374 g/mol. The summed E-state index contributed by atoms with van der Waals surface area (Å²) >= 11 is 1.40. The number of benzene rings is 1. The minimum absolute atomic E-state index is 0.0393. The van der Waals surface area contributed by atoms with Crippen molar-refractivity contribution in [3.05, 3.63) is 41.3 Å². The number of amides is 2. The van der Waals surface area contributed by atoms with Crippen LogP contribution in [0.4, 0.5) is 0 Å². The molecule has 0 atom stereocenters. The maximum Gasteiger partial charge on any atom is 0.268 e. The van der Waals surface area contributed by atoms with Crippen molar-refractivity contribution in [1.82, 2.24) is 10.2 Å². The van der Waals surface area contributed by atoms with E-state index in [-0.39, 0.29) is 24.4 Å². The van der Waals surface area contributed by atoms with E-state index in [2.05, 4.69) is 5.32 Å². The Morgan fingerprint density at radius 2 is 1.88 bits per heavy atom. The fraction of sp³-hybridized carbons (Fsp3) is 0.400. The Hall–Kier alpha value is -2.34. The van der Waals surface area contributed by atoms with Crippen LogP contribution in [0.3, 0.4) is 0 Å². The molecule has 0 unspecified atom stereocenters. The van der Waals surface area contributed by atoms with Crippen molar-refractivity contribution >= 4 is 23.2 Å². The van der Waals surface area contributed by atoms with Crippen LogP contribution in [0.2, 0.25) is 0 Å². The zero-order valence-electron chi connectivity index (χ0n) is 15.7. The van der Waals surface area contributed by atoms with E-state index in [1.807, 2.05) is 64.1 Å². The van der Waals surface area contributed by atoms with E-state index in [9.17, 15) is 9.59 Å². The fourth-order valence-electron chi connectivity index (χ4n) is 2.54. The summed E-state index contributed by atoms with van der Waals surface area (Å²) in [5, 5.41) is 2.82.